The molecule has 0 bridgehead atoms. The Labute approximate surface area is 85.3 Å². The molecule has 78 valence electrons. The minimum Gasteiger partial charge on any atom is -0.496 e. The van der Waals surface area contributed by atoms with Gasteiger partial charge in [-0.25, -0.2) is 0 Å². The Morgan fingerprint density at radius 3 is 2.29 bits per heavy atom. The highest BCUT2D eigenvalue weighted by Crippen LogP contribution is 2.23. The van der Waals surface area contributed by atoms with E-state index >= 15 is 0 Å². The molecule has 3 nitrogen and oxygen atoms in total. The van der Waals surface area contributed by atoms with Crippen molar-refractivity contribution in [3.05, 3.63) is 28.8 Å². The van der Waals surface area contributed by atoms with Gasteiger partial charge in [0.2, 0.25) is 0 Å². The third-order valence-corrected chi connectivity index (χ3v) is 2.20. The maximum absolute atomic E-state index is 5.37. The van der Waals surface area contributed by atoms with Gasteiger partial charge in [-0.3, -0.25) is 0 Å². The van der Waals surface area contributed by atoms with Gasteiger partial charge in [0.05, 0.1) is 7.11 Å². The molecule has 0 fully saturated rings. The maximum Gasteiger partial charge on any atom is 0.124 e. The monoisotopic (exact) mass is 194 g/mol. The van der Waals surface area contributed by atoms with Gasteiger partial charge in [0.15, 0.2) is 0 Å². The molecule has 0 aromatic heterocycles. The largest absolute Gasteiger partial charge is 0.496 e. The summed E-state index contributed by atoms with van der Waals surface area (Å²) in [7, 11) is 1.70. The fourth-order valence-electron chi connectivity index (χ4n) is 1.68. The number of methoxy groups -OCH3 is 1. The second kappa shape index (κ2) is 4.98. The zero-order chi connectivity index (χ0) is 10.6. The molecule has 1 rings (SSSR count). The first kappa shape index (κ1) is 11.0. The minimum absolute atomic E-state index is 0.504. The Morgan fingerprint density at radius 2 is 1.86 bits per heavy atom. The molecule has 0 spiro atoms. The van der Waals surface area contributed by atoms with E-state index in [1.807, 2.05) is 0 Å². The first-order chi connectivity index (χ1) is 6.69. The average molecular weight is 194 g/mol. The normalized spacial score (nSPS) is 10.3. The van der Waals surface area contributed by atoms with Gasteiger partial charge in [0.25, 0.3) is 0 Å². The SMILES string of the molecule is COc1c(C)cc(CNCN)cc1C. The van der Waals surface area contributed by atoms with Gasteiger partial charge in [0.1, 0.15) is 5.75 Å². The molecule has 3 heteroatoms. The van der Waals surface area contributed by atoms with Crippen molar-refractivity contribution in [1.29, 1.82) is 0 Å². The van der Waals surface area contributed by atoms with Crippen LogP contribution in [-0.2, 0) is 6.54 Å². The third kappa shape index (κ3) is 2.47. The van der Waals surface area contributed by atoms with E-state index in [2.05, 4.69) is 31.3 Å². The number of hydrogen-bond donors (Lipinski definition) is 2. The summed E-state index contributed by atoms with van der Waals surface area (Å²) >= 11 is 0. The van der Waals surface area contributed by atoms with Crippen molar-refractivity contribution < 1.29 is 4.74 Å². The summed E-state index contributed by atoms with van der Waals surface area (Å²) in [5, 5.41) is 3.09. The molecule has 1 aromatic carbocycles. The van der Waals surface area contributed by atoms with Gasteiger partial charge < -0.3 is 15.8 Å². The number of nitrogens with one attached hydrogen (secondary N) is 1. The lowest BCUT2D eigenvalue weighted by molar-refractivity contribution is 0.408. The van der Waals surface area contributed by atoms with Gasteiger partial charge >= 0.3 is 0 Å². The lowest BCUT2D eigenvalue weighted by Gasteiger charge is -2.11. The zero-order valence-electron chi connectivity index (χ0n) is 9.05. The molecule has 0 heterocycles. The van der Waals surface area contributed by atoms with Crippen LogP contribution in [0.2, 0.25) is 0 Å². The van der Waals surface area contributed by atoms with E-state index in [0.29, 0.717) is 6.67 Å². The van der Waals surface area contributed by atoms with Crippen molar-refractivity contribution in [3.8, 4) is 5.75 Å². The first-order valence-electron chi connectivity index (χ1n) is 4.74. The Balaban J connectivity index is 2.90. The molecule has 0 atom stereocenters. The van der Waals surface area contributed by atoms with Crippen molar-refractivity contribution in [2.75, 3.05) is 13.8 Å². The van der Waals surface area contributed by atoms with Crippen molar-refractivity contribution in [2.45, 2.75) is 20.4 Å². The Kier molecular flexibility index (Phi) is 3.92. The predicted octanol–water partition coefficient (Wildman–Crippen LogP) is 1.32. The minimum atomic E-state index is 0.504. The number of rotatable bonds is 4. The molecule has 3 N–H and O–H groups in total. The Hall–Kier alpha value is -1.06. The van der Waals surface area contributed by atoms with E-state index in [-0.39, 0.29) is 0 Å². The van der Waals surface area contributed by atoms with E-state index in [0.717, 1.165) is 12.3 Å². The molecular weight excluding hydrogens is 176 g/mol. The maximum atomic E-state index is 5.37. The first-order valence-corrected chi connectivity index (χ1v) is 4.74. The summed E-state index contributed by atoms with van der Waals surface area (Å²) in [6.45, 7) is 5.42. The van der Waals surface area contributed by atoms with Crippen LogP contribution >= 0.6 is 0 Å². The van der Waals surface area contributed by atoms with Gasteiger partial charge in [-0.05, 0) is 30.5 Å². The predicted molar refractivity (Wildman–Crippen MR) is 58.4 cm³/mol. The van der Waals surface area contributed by atoms with Crippen molar-refractivity contribution in [2.24, 2.45) is 5.73 Å². The topological polar surface area (TPSA) is 47.3 Å². The summed E-state index contributed by atoms with van der Waals surface area (Å²) in [5.41, 5.74) is 8.95. The average Bonchev–Trinajstić information content (AvgIpc) is 2.14. The Morgan fingerprint density at radius 1 is 1.29 bits per heavy atom. The molecule has 0 saturated heterocycles. The molecule has 0 unspecified atom stereocenters. The molecule has 0 aliphatic carbocycles. The lowest BCUT2D eigenvalue weighted by Crippen LogP contribution is -2.21. The molecule has 0 aliphatic heterocycles. The fraction of sp³-hybridized carbons (Fsp3) is 0.455. The molecule has 14 heavy (non-hydrogen) atoms. The molecule has 0 radical (unpaired) electrons. The van der Waals surface area contributed by atoms with Crippen LogP contribution in [0.25, 0.3) is 0 Å². The van der Waals surface area contributed by atoms with E-state index in [1.54, 1.807) is 7.11 Å². The molecule has 0 aliphatic rings. The highest BCUT2D eigenvalue weighted by atomic mass is 16.5. The van der Waals surface area contributed by atoms with Crippen molar-refractivity contribution in [3.63, 3.8) is 0 Å². The van der Waals surface area contributed by atoms with Gasteiger partial charge in [-0.1, -0.05) is 12.1 Å². The van der Waals surface area contributed by atoms with Crippen LogP contribution in [0.3, 0.4) is 0 Å². The molecule has 1 aromatic rings. The smallest absolute Gasteiger partial charge is 0.124 e. The van der Waals surface area contributed by atoms with Crippen molar-refractivity contribution >= 4 is 0 Å². The number of ether oxygens (including phenoxy) is 1. The van der Waals surface area contributed by atoms with Crippen molar-refractivity contribution in [1.82, 2.24) is 5.32 Å². The molecular formula is C11H18N2O. The highest BCUT2D eigenvalue weighted by Gasteiger charge is 2.04. The summed E-state index contributed by atoms with van der Waals surface area (Å²) in [5.74, 6) is 0.974. The van der Waals surface area contributed by atoms with Gasteiger partial charge in [-0.2, -0.15) is 0 Å². The lowest BCUT2D eigenvalue weighted by atomic mass is 10.1. The van der Waals surface area contributed by atoms with Crippen LogP contribution in [0.1, 0.15) is 16.7 Å². The van der Waals surface area contributed by atoms with Crippen LogP contribution < -0.4 is 15.8 Å². The summed E-state index contributed by atoms with van der Waals surface area (Å²) in [6.07, 6.45) is 0. The number of hydrogen-bond acceptors (Lipinski definition) is 3. The molecule has 0 saturated carbocycles. The van der Waals surface area contributed by atoms with E-state index in [1.165, 1.54) is 16.7 Å². The quantitative estimate of drug-likeness (QED) is 0.711. The second-order valence-electron chi connectivity index (χ2n) is 3.39. The summed E-state index contributed by atoms with van der Waals surface area (Å²) < 4.78 is 5.29. The van der Waals surface area contributed by atoms with Crippen LogP contribution in [0.5, 0.6) is 5.75 Å². The summed E-state index contributed by atoms with van der Waals surface area (Å²) in [4.78, 5) is 0. The van der Waals surface area contributed by atoms with Crippen LogP contribution in [0.15, 0.2) is 12.1 Å². The van der Waals surface area contributed by atoms with Crippen LogP contribution in [-0.4, -0.2) is 13.8 Å². The van der Waals surface area contributed by atoms with Gasteiger partial charge in [0, 0.05) is 13.2 Å². The molecule has 0 amide bonds. The number of nitrogens with two attached hydrogens (primary N) is 1. The fourth-order valence-corrected chi connectivity index (χ4v) is 1.68. The standard InChI is InChI=1S/C11H18N2O/c1-8-4-10(6-13-7-12)5-9(2)11(8)14-3/h4-5,13H,6-7,12H2,1-3H3. The zero-order valence-corrected chi connectivity index (χ0v) is 9.05. The van der Waals surface area contributed by atoms with E-state index < -0.39 is 0 Å². The van der Waals surface area contributed by atoms with Crippen LogP contribution in [0.4, 0.5) is 0 Å². The van der Waals surface area contributed by atoms with Gasteiger partial charge in [-0.15, -0.1) is 0 Å². The summed E-state index contributed by atoms with van der Waals surface area (Å²) in [6, 6.07) is 4.24. The van der Waals surface area contributed by atoms with E-state index in [4.69, 9.17) is 10.5 Å². The third-order valence-electron chi connectivity index (χ3n) is 2.20. The number of benzene rings is 1. The van der Waals surface area contributed by atoms with E-state index in [9.17, 15) is 0 Å². The van der Waals surface area contributed by atoms with Crippen LogP contribution in [0, 0.1) is 13.8 Å². The highest BCUT2D eigenvalue weighted by molar-refractivity contribution is 5.43. The Bertz CT molecular complexity index is 287. The number of aryl methyl sites for hydroxylation is 2. The second-order valence-corrected chi connectivity index (χ2v) is 3.39.